The number of hydrogen-bond acceptors (Lipinski definition) is 3. The Hall–Kier alpha value is -0.0951. The minimum atomic E-state index is -1.73. The Morgan fingerprint density at radius 2 is 2.44 bits per heavy atom. The minimum Gasteiger partial charge on any atom is -0.358 e. The third kappa shape index (κ3) is 7.90. The van der Waals surface area contributed by atoms with Crippen LogP contribution < -0.4 is 0 Å². The average molecular weight is 143 g/mol. The van der Waals surface area contributed by atoms with Crippen LogP contribution in [0.5, 0.6) is 0 Å². The van der Waals surface area contributed by atoms with Crippen LogP contribution in [0.25, 0.3) is 0 Å². The highest BCUT2D eigenvalue weighted by atomic mass is 31.2. The van der Waals surface area contributed by atoms with Crippen LogP contribution in [-0.2, 0) is 4.52 Å². The number of nitriles is 1. The molecule has 0 spiro atoms. The average Bonchev–Trinajstić information content (AvgIpc) is 1.80. The zero-order valence-electron chi connectivity index (χ0n) is 4.95. The van der Waals surface area contributed by atoms with E-state index in [9.17, 15) is 0 Å². The number of unbranched alkanes of at least 4 members (excludes halogenated alkanes) is 1. The van der Waals surface area contributed by atoms with Gasteiger partial charge in [0.25, 0.3) is 0 Å². The summed E-state index contributed by atoms with van der Waals surface area (Å²) in [5, 5.41) is 8.04. The standard InChI is InChI=1S/C4H7BNO2P/c5-9(7)8-4-2-1-3-6/h7H,1-2,4H2. The first kappa shape index (κ1) is 8.90. The molecule has 0 rings (SSSR count). The summed E-state index contributed by atoms with van der Waals surface area (Å²) in [5.74, 6) is 0. The van der Waals surface area contributed by atoms with Gasteiger partial charge in [0.15, 0.2) is 7.57 Å². The predicted octanol–water partition coefficient (Wildman–Crippen LogP) is 0.694. The first-order valence-corrected chi connectivity index (χ1v) is 3.79. The van der Waals surface area contributed by atoms with Crippen molar-refractivity contribution in [2.24, 2.45) is 0 Å². The molecule has 0 amide bonds. The Kier molecular flexibility index (Phi) is 5.97. The molecule has 0 bridgehead atoms. The minimum absolute atomic E-state index is 0.367. The topological polar surface area (TPSA) is 53.2 Å². The molecule has 5 heteroatoms. The van der Waals surface area contributed by atoms with Crippen molar-refractivity contribution in [3.8, 4) is 6.07 Å². The monoisotopic (exact) mass is 143 g/mol. The normalized spacial score (nSPS) is 12.4. The molecule has 1 unspecified atom stereocenters. The number of rotatable bonds is 4. The van der Waals surface area contributed by atoms with Gasteiger partial charge in [0.1, 0.15) is 0 Å². The van der Waals surface area contributed by atoms with E-state index < -0.39 is 8.25 Å². The van der Waals surface area contributed by atoms with E-state index in [0.29, 0.717) is 19.4 Å². The smallest absolute Gasteiger partial charge is 0.188 e. The molecular formula is C4H7BNO2P. The fourth-order valence-corrected chi connectivity index (χ4v) is 0.625. The van der Waals surface area contributed by atoms with Crippen LogP contribution in [-0.4, -0.2) is 19.1 Å². The van der Waals surface area contributed by atoms with E-state index in [-0.39, 0.29) is 0 Å². The molecule has 9 heavy (non-hydrogen) atoms. The van der Waals surface area contributed by atoms with Gasteiger partial charge in [0, 0.05) is 6.42 Å². The molecule has 0 aliphatic heterocycles. The first-order chi connectivity index (χ1) is 4.27. The van der Waals surface area contributed by atoms with Crippen molar-refractivity contribution in [3.63, 3.8) is 0 Å². The Bertz CT molecular complexity index is 103. The second-order valence-corrected chi connectivity index (χ2v) is 2.26. The van der Waals surface area contributed by atoms with Crippen molar-refractivity contribution in [2.75, 3.05) is 6.61 Å². The van der Waals surface area contributed by atoms with E-state index in [1.807, 2.05) is 6.07 Å². The molecule has 0 heterocycles. The van der Waals surface area contributed by atoms with Crippen molar-refractivity contribution < 1.29 is 9.42 Å². The third-order valence-electron chi connectivity index (χ3n) is 0.656. The van der Waals surface area contributed by atoms with Crippen LogP contribution in [0.3, 0.4) is 0 Å². The van der Waals surface area contributed by atoms with Crippen LogP contribution in [0.15, 0.2) is 0 Å². The lowest BCUT2D eigenvalue weighted by Crippen LogP contribution is -1.87. The summed E-state index contributed by atoms with van der Waals surface area (Å²) < 4.78 is 4.59. The molecule has 0 saturated heterocycles. The lowest BCUT2D eigenvalue weighted by Gasteiger charge is -2.02. The van der Waals surface area contributed by atoms with Crippen LogP contribution in [0.1, 0.15) is 12.8 Å². The Morgan fingerprint density at radius 1 is 1.78 bits per heavy atom. The Labute approximate surface area is 56.9 Å². The SMILES string of the molecule is [B]P(O)OCCCC#N. The van der Waals surface area contributed by atoms with Gasteiger partial charge >= 0.3 is 0 Å². The van der Waals surface area contributed by atoms with Gasteiger partial charge in [0.2, 0.25) is 0 Å². The van der Waals surface area contributed by atoms with Gasteiger partial charge in [-0.25, -0.2) is 0 Å². The summed E-state index contributed by atoms with van der Waals surface area (Å²) in [4.78, 5) is 8.39. The number of hydrogen-bond donors (Lipinski definition) is 1. The highest BCUT2D eigenvalue weighted by molar-refractivity contribution is 7.73. The largest absolute Gasteiger partial charge is 0.358 e. The molecule has 0 aromatic carbocycles. The maximum absolute atomic E-state index is 8.39. The van der Waals surface area contributed by atoms with Gasteiger partial charge in [-0.3, -0.25) is 0 Å². The van der Waals surface area contributed by atoms with E-state index in [1.165, 1.54) is 0 Å². The molecule has 0 aliphatic carbocycles. The molecule has 48 valence electrons. The van der Waals surface area contributed by atoms with E-state index >= 15 is 0 Å². The van der Waals surface area contributed by atoms with Crippen LogP contribution in [0.4, 0.5) is 0 Å². The van der Waals surface area contributed by atoms with Gasteiger partial charge in [-0.2, -0.15) is 5.26 Å². The zero-order valence-corrected chi connectivity index (χ0v) is 5.84. The maximum atomic E-state index is 8.39. The highest BCUT2D eigenvalue weighted by Crippen LogP contribution is 2.23. The van der Waals surface area contributed by atoms with Crippen molar-refractivity contribution in [2.45, 2.75) is 12.8 Å². The molecule has 1 atom stereocenters. The maximum Gasteiger partial charge on any atom is 0.188 e. The summed E-state index contributed by atoms with van der Waals surface area (Å²) in [6, 6.07) is 1.95. The van der Waals surface area contributed by atoms with E-state index in [1.54, 1.807) is 0 Å². The molecular weight excluding hydrogens is 136 g/mol. The van der Waals surface area contributed by atoms with E-state index in [2.05, 4.69) is 4.52 Å². The Morgan fingerprint density at radius 3 is 2.89 bits per heavy atom. The molecule has 0 saturated carbocycles. The van der Waals surface area contributed by atoms with E-state index in [0.717, 1.165) is 0 Å². The summed E-state index contributed by atoms with van der Waals surface area (Å²) in [6.45, 7) is 0.367. The Balaban J connectivity index is 2.85. The first-order valence-electron chi connectivity index (χ1n) is 2.51. The zero-order chi connectivity index (χ0) is 7.11. The van der Waals surface area contributed by atoms with Gasteiger partial charge in [-0.05, 0) is 6.42 Å². The molecule has 2 radical (unpaired) electrons. The molecule has 0 aromatic rings. The second-order valence-electron chi connectivity index (χ2n) is 1.40. The van der Waals surface area contributed by atoms with Gasteiger partial charge in [-0.1, -0.05) is 0 Å². The molecule has 0 fully saturated rings. The van der Waals surface area contributed by atoms with Crippen molar-refractivity contribution in [1.29, 1.82) is 5.26 Å². The lowest BCUT2D eigenvalue weighted by molar-refractivity contribution is 0.316. The summed E-state index contributed by atoms with van der Waals surface area (Å²) in [5.41, 5.74) is 0. The molecule has 3 nitrogen and oxygen atoms in total. The van der Waals surface area contributed by atoms with Crippen LogP contribution in [0, 0.1) is 11.3 Å². The van der Waals surface area contributed by atoms with E-state index in [4.69, 9.17) is 17.7 Å². The predicted molar refractivity (Wildman–Crippen MR) is 35.7 cm³/mol. The molecule has 0 aromatic heterocycles. The quantitative estimate of drug-likeness (QED) is 0.357. The summed E-state index contributed by atoms with van der Waals surface area (Å²) >= 11 is 0. The number of nitrogens with zero attached hydrogens (tertiary/aromatic N) is 1. The second kappa shape index (κ2) is 6.03. The lowest BCUT2D eigenvalue weighted by atomic mass is 10.4. The highest BCUT2D eigenvalue weighted by Gasteiger charge is 1.92. The summed E-state index contributed by atoms with van der Waals surface area (Å²) in [6.07, 6.45) is 1.08. The van der Waals surface area contributed by atoms with Crippen molar-refractivity contribution in [1.82, 2.24) is 0 Å². The fraction of sp³-hybridized carbons (Fsp3) is 0.750. The molecule has 0 aliphatic rings. The van der Waals surface area contributed by atoms with Crippen LogP contribution >= 0.6 is 8.25 Å². The summed E-state index contributed by atoms with van der Waals surface area (Å²) in [7, 11) is 3.16. The van der Waals surface area contributed by atoms with Gasteiger partial charge in [-0.15, -0.1) is 0 Å². The van der Waals surface area contributed by atoms with Crippen molar-refractivity contribution in [3.05, 3.63) is 0 Å². The van der Waals surface area contributed by atoms with Gasteiger partial charge < -0.3 is 9.42 Å². The van der Waals surface area contributed by atoms with Crippen LogP contribution in [0.2, 0.25) is 0 Å². The van der Waals surface area contributed by atoms with Gasteiger partial charge in [0.05, 0.1) is 20.9 Å². The van der Waals surface area contributed by atoms with Crippen molar-refractivity contribution >= 4 is 15.8 Å². The molecule has 1 N–H and O–H groups in total. The fourth-order valence-electron chi connectivity index (χ4n) is 0.309. The third-order valence-corrected chi connectivity index (χ3v) is 1.10.